The molecule has 0 bridgehead atoms. The minimum Gasteiger partial charge on any atom is -0.416 e. The van der Waals surface area contributed by atoms with Crippen LogP contribution in [0.25, 0.3) is 0 Å². The topological polar surface area (TPSA) is 71.3 Å². The van der Waals surface area contributed by atoms with Gasteiger partial charge in [0.1, 0.15) is 0 Å². The van der Waals surface area contributed by atoms with E-state index in [2.05, 4.69) is 19.9 Å². The van der Waals surface area contributed by atoms with E-state index >= 15 is 0 Å². The number of likely N-dealkylation sites (tertiary alicyclic amines) is 1. The Bertz CT molecular complexity index is 551. The molecule has 1 aliphatic rings. The third-order valence-corrected chi connectivity index (χ3v) is 3.44. The summed E-state index contributed by atoms with van der Waals surface area (Å²) in [4.78, 5) is 14.1. The van der Waals surface area contributed by atoms with Gasteiger partial charge in [-0.15, -0.1) is 10.2 Å². The molecular weight excluding hydrogens is 313 g/mol. The van der Waals surface area contributed by atoms with Gasteiger partial charge in [0.25, 0.3) is 0 Å². The molecule has 130 valence electrons. The van der Waals surface area contributed by atoms with Gasteiger partial charge >= 0.3 is 12.1 Å². The zero-order chi connectivity index (χ0) is 17.3. The molecule has 23 heavy (non-hydrogen) atoms. The molecule has 2 heterocycles. The van der Waals surface area contributed by atoms with Crippen molar-refractivity contribution in [3.8, 4) is 0 Å². The number of carbonyl (C=O) groups excluding carboxylic acids is 1. The van der Waals surface area contributed by atoms with Crippen LogP contribution < -0.4 is 5.32 Å². The summed E-state index contributed by atoms with van der Waals surface area (Å²) >= 11 is 0. The predicted octanol–water partition coefficient (Wildman–Crippen LogP) is 2.22. The number of piperidine rings is 1. The van der Waals surface area contributed by atoms with E-state index in [4.69, 9.17) is 0 Å². The Morgan fingerprint density at radius 3 is 2.61 bits per heavy atom. The number of amides is 1. The van der Waals surface area contributed by atoms with E-state index in [-0.39, 0.29) is 29.8 Å². The first-order valence-electron chi connectivity index (χ1n) is 7.48. The van der Waals surface area contributed by atoms with Crippen molar-refractivity contribution in [1.82, 2.24) is 20.4 Å². The lowest BCUT2D eigenvalue weighted by Crippen LogP contribution is -2.48. The maximum Gasteiger partial charge on any atom is 0.470 e. The molecule has 1 fully saturated rings. The average molecular weight is 334 g/mol. The van der Waals surface area contributed by atoms with Gasteiger partial charge in [0.2, 0.25) is 11.8 Å². The molecule has 0 aliphatic carbocycles. The predicted molar refractivity (Wildman–Crippen MR) is 75.2 cm³/mol. The standard InChI is InChI=1S/C14H21F3N4O2/c1-13(2,3)18-11(22)9-5-4-6-21(7-9)8-10-19-20-12(23-10)14(15,16)17/h9H,4-8H2,1-3H3,(H,18,22). The Hall–Kier alpha value is -1.64. The SMILES string of the molecule is CC(C)(C)NC(=O)C1CCCN(Cc2nnc(C(F)(F)F)o2)C1. The van der Waals surface area contributed by atoms with E-state index in [1.807, 2.05) is 25.7 Å². The summed E-state index contributed by atoms with van der Waals surface area (Å²) in [5.74, 6) is -1.66. The van der Waals surface area contributed by atoms with Crippen molar-refractivity contribution in [3.05, 3.63) is 11.8 Å². The van der Waals surface area contributed by atoms with Gasteiger partial charge in [-0.05, 0) is 40.2 Å². The van der Waals surface area contributed by atoms with Gasteiger partial charge in [0.05, 0.1) is 12.5 Å². The number of rotatable bonds is 3. The highest BCUT2D eigenvalue weighted by atomic mass is 19.4. The first-order valence-corrected chi connectivity index (χ1v) is 7.48. The summed E-state index contributed by atoms with van der Waals surface area (Å²) < 4.78 is 42.0. The highest BCUT2D eigenvalue weighted by molar-refractivity contribution is 5.79. The molecule has 1 saturated heterocycles. The van der Waals surface area contributed by atoms with Gasteiger partial charge in [-0.25, -0.2) is 0 Å². The third kappa shape index (κ3) is 5.19. The lowest BCUT2D eigenvalue weighted by molar-refractivity contribution is -0.157. The fourth-order valence-corrected chi connectivity index (χ4v) is 2.51. The van der Waals surface area contributed by atoms with Crippen molar-refractivity contribution >= 4 is 5.91 Å². The normalized spacial score (nSPS) is 20.5. The molecule has 0 spiro atoms. The molecule has 6 nitrogen and oxygen atoms in total. The van der Waals surface area contributed by atoms with Crippen LogP contribution in [0.1, 0.15) is 45.4 Å². The zero-order valence-electron chi connectivity index (χ0n) is 13.4. The van der Waals surface area contributed by atoms with Crippen LogP contribution in [0.3, 0.4) is 0 Å². The molecule has 0 radical (unpaired) electrons. The molecule has 1 N–H and O–H groups in total. The van der Waals surface area contributed by atoms with Crippen molar-refractivity contribution in [1.29, 1.82) is 0 Å². The van der Waals surface area contributed by atoms with Crippen LogP contribution in [-0.4, -0.2) is 39.6 Å². The van der Waals surface area contributed by atoms with Gasteiger partial charge < -0.3 is 9.73 Å². The fourth-order valence-electron chi connectivity index (χ4n) is 2.51. The molecule has 1 aromatic heterocycles. The summed E-state index contributed by atoms with van der Waals surface area (Å²) in [6.07, 6.45) is -3.08. The molecule has 0 saturated carbocycles. The molecule has 9 heteroatoms. The number of aromatic nitrogens is 2. The minimum atomic E-state index is -4.64. The van der Waals surface area contributed by atoms with Gasteiger partial charge in [-0.2, -0.15) is 13.2 Å². The van der Waals surface area contributed by atoms with Crippen molar-refractivity contribution in [3.63, 3.8) is 0 Å². The summed E-state index contributed by atoms with van der Waals surface area (Å²) in [7, 11) is 0. The summed E-state index contributed by atoms with van der Waals surface area (Å²) in [5, 5.41) is 9.37. The molecule has 2 rings (SSSR count). The van der Waals surface area contributed by atoms with Crippen LogP contribution in [-0.2, 0) is 17.5 Å². The van der Waals surface area contributed by atoms with Crippen LogP contribution in [0.5, 0.6) is 0 Å². The molecule has 1 amide bonds. The van der Waals surface area contributed by atoms with Crippen LogP contribution in [0.2, 0.25) is 0 Å². The van der Waals surface area contributed by atoms with Crippen LogP contribution in [0, 0.1) is 5.92 Å². The smallest absolute Gasteiger partial charge is 0.416 e. The van der Waals surface area contributed by atoms with Crippen molar-refractivity contribution in [2.24, 2.45) is 5.92 Å². The van der Waals surface area contributed by atoms with E-state index in [0.29, 0.717) is 13.1 Å². The number of hydrogen-bond donors (Lipinski definition) is 1. The average Bonchev–Trinajstić information content (AvgIpc) is 2.85. The van der Waals surface area contributed by atoms with Crippen LogP contribution >= 0.6 is 0 Å². The first kappa shape index (κ1) is 17.7. The maximum absolute atomic E-state index is 12.4. The molecule has 1 unspecified atom stereocenters. The Balaban J connectivity index is 1.94. The third-order valence-electron chi connectivity index (χ3n) is 3.44. The lowest BCUT2D eigenvalue weighted by Gasteiger charge is -2.33. The van der Waals surface area contributed by atoms with Crippen LogP contribution in [0.4, 0.5) is 13.2 Å². The zero-order valence-corrected chi connectivity index (χ0v) is 13.4. The lowest BCUT2D eigenvalue weighted by atomic mass is 9.95. The minimum absolute atomic E-state index is 0.0382. The van der Waals surface area contributed by atoms with E-state index in [1.54, 1.807) is 0 Å². The Morgan fingerprint density at radius 2 is 2.04 bits per heavy atom. The number of alkyl halides is 3. The number of hydrogen-bond acceptors (Lipinski definition) is 5. The second kappa shape index (κ2) is 6.46. The molecule has 1 aliphatic heterocycles. The van der Waals surface area contributed by atoms with E-state index in [1.165, 1.54) is 0 Å². The molecular formula is C14H21F3N4O2. The monoisotopic (exact) mass is 334 g/mol. The molecule has 1 atom stereocenters. The van der Waals surface area contributed by atoms with Gasteiger partial charge in [0, 0.05) is 12.1 Å². The van der Waals surface area contributed by atoms with Crippen molar-refractivity contribution in [2.75, 3.05) is 13.1 Å². The second-order valence-electron chi connectivity index (χ2n) is 6.81. The van der Waals surface area contributed by atoms with E-state index in [9.17, 15) is 18.0 Å². The summed E-state index contributed by atoms with van der Waals surface area (Å²) in [6, 6.07) is 0. The summed E-state index contributed by atoms with van der Waals surface area (Å²) in [6.45, 7) is 6.98. The fraction of sp³-hybridized carbons (Fsp3) is 0.786. The van der Waals surface area contributed by atoms with E-state index < -0.39 is 12.1 Å². The molecule has 1 aromatic rings. The van der Waals surface area contributed by atoms with Gasteiger partial charge in [0.15, 0.2) is 0 Å². The first-order chi connectivity index (χ1) is 10.5. The molecule has 0 aromatic carbocycles. The maximum atomic E-state index is 12.4. The highest BCUT2D eigenvalue weighted by Crippen LogP contribution is 2.28. The van der Waals surface area contributed by atoms with E-state index in [0.717, 1.165) is 12.8 Å². The Morgan fingerprint density at radius 1 is 1.35 bits per heavy atom. The summed E-state index contributed by atoms with van der Waals surface area (Å²) in [5.41, 5.74) is -0.312. The Labute approximate surface area is 132 Å². The second-order valence-corrected chi connectivity index (χ2v) is 6.81. The van der Waals surface area contributed by atoms with Gasteiger partial charge in [-0.1, -0.05) is 0 Å². The quantitative estimate of drug-likeness (QED) is 0.918. The number of halogens is 3. The largest absolute Gasteiger partial charge is 0.470 e. The van der Waals surface area contributed by atoms with Crippen LogP contribution in [0.15, 0.2) is 4.42 Å². The highest BCUT2D eigenvalue weighted by Gasteiger charge is 2.38. The number of carbonyl (C=O) groups is 1. The Kier molecular flexibility index (Phi) is 4.98. The number of nitrogens with one attached hydrogen (secondary N) is 1. The van der Waals surface area contributed by atoms with Crippen molar-refractivity contribution < 1.29 is 22.4 Å². The van der Waals surface area contributed by atoms with Crippen molar-refractivity contribution in [2.45, 2.75) is 51.9 Å². The van der Waals surface area contributed by atoms with Gasteiger partial charge in [-0.3, -0.25) is 9.69 Å². The number of nitrogens with zero attached hydrogens (tertiary/aromatic N) is 3.